The highest BCUT2D eigenvalue weighted by Gasteiger charge is 2.24. The number of benzene rings is 1. The zero-order valence-electron chi connectivity index (χ0n) is 13.0. The molecule has 21 heavy (non-hydrogen) atoms. The zero-order chi connectivity index (χ0) is 15.1. The van der Waals surface area contributed by atoms with Gasteiger partial charge in [-0.3, -0.25) is 0 Å². The fourth-order valence-electron chi connectivity index (χ4n) is 2.81. The van der Waals surface area contributed by atoms with Crippen LogP contribution in [0.25, 0.3) is 0 Å². The molecular weight excluding hydrogens is 286 g/mol. The second-order valence-corrected chi connectivity index (χ2v) is 6.08. The molecule has 1 fully saturated rings. The number of ether oxygens (including phenoxy) is 2. The van der Waals surface area contributed by atoms with Crippen LogP contribution in [0.15, 0.2) is 18.2 Å². The molecule has 0 radical (unpaired) electrons. The first-order valence-electron chi connectivity index (χ1n) is 7.92. The first kappa shape index (κ1) is 16.6. The van der Waals surface area contributed by atoms with Crippen LogP contribution in [0.2, 0.25) is 5.02 Å². The van der Waals surface area contributed by atoms with E-state index in [-0.39, 0.29) is 6.10 Å². The van der Waals surface area contributed by atoms with Gasteiger partial charge in [0.2, 0.25) is 0 Å². The molecule has 2 rings (SSSR count). The molecule has 0 aromatic heterocycles. The lowest BCUT2D eigenvalue weighted by atomic mass is 9.95. The molecule has 0 amide bonds. The number of para-hydroxylation sites is 1. The SMILES string of the molecule is CCCNCc1cccc(Cl)c1OC1CCCC(OC)C1. The normalized spacial score (nSPS) is 22.2. The smallest absolute Gasteiger partial charge is 0.142 e. The monoisotopic (exact) mass is 311 g/mol. The first-order chi connectivity index (χ1) is 10.2. The Labute approximate surface area is 133 Å². The summed E-state index contributed by atoms with van der Waals surface area (Å²) in [5.74, 6) is 0.838. The van der Waals surface area contributed by atoms with Crippen molar-refractivity contribution in [2.75, 3.05) is 13.7 Å². The third kappa shape index (κ3) is 4.87. The van der Waals surface area contributed by atoms with Gasteiger partial charge in [-0.15, -0.1) is 0 Å². The summed E-state index contributed by atoms with van der Waals surface area (Å²) in [6, 6.07) is 5.97. The number of halogens is 1. The second kappa shape index (κ2) is 8.62. The molecule has 0 heterocycles. The van der Waals surface area contributed by atoms with E-state index in [1.54, 1.807) is 7.11 Å². The zero-order valence-corrected chi connectivity index (χ0v) is 13.8. The molecule has 0 bridgehead atoms. The molecule has 3 nitrogen and oxygen atoms in total. The van der Waals surface area contributed by atoms with Crippen LogP contribution < -0.4 is 10.1 Å². The van der Waals surface area contributed by atoms with E-state index in [1.807, 2.05) is 12.1 Å². The van der Waals surface area contributed by atoms with Gasteiger partial charge in [-0.1, -0.05) is 30.7 Å². The number of hydrogen-bond acceptors (Lipinski definition) is 3. The van der Waals surface area contributed by atoms with Gasteiger partial charge in [0.25, 0.3) is 0 Å². The lowest BCUT2D eigenvalue weighted by Gasteiger charge is -2.29. The molecule has 0 aliphatic heterocycles. The van der Waals surface area contributed by atoms with Gasteiger partial charge in [-0.05, 0) is 38.3 Å². The Morgan fingerprint density at radius 2 is 2.10 bits per heavy atom. The molecule has 2 atom stereocenters. The largest absolute Gasteiger partial charge is 0.488 e. The fraction of sp³-hybridized carbons (Fsp3) is 0.647. The molecule has 118 valence electrons. The summed E-state index contributed by atoms with van der Waals surface area (Å²) in [5.41, 5.74) is 1.13. The van der Waals surface area contributed by atoms with E-state index in [9.17, 15) is 0 Å². The van der Waals surface area contributed by atoms with E-state index < -0.39 is 0 Å². The highest BCUT2D eigenvalue weighted by Crippen LogP contribution is 2.33. The topological polar surface area (TPSA) is 30.5 Å². The van der Waals surface area contributed by atoms with Crippen molar-refractivity contribution in [2.24, 2.45) is 0 Å². The summed E-state index contributed by atoms with van der Waals surface area (Å²) in [6.07, 6.45) is 5.94. The van der Waals surface area contributed by atoms with Crippen LogP contribution in [0.5, 0.6) is 5.75 Å². The van der Waals surface area contributed by atoms with Crippen LogP contribution in [-0.2, 0) is 11.3 Å². The molecule has 1 N–H and O–H groups in total. The van der Waals surface area contributed by atoms with Crippen LogP contribution in [0.3, 0.4) is 0 Å². The van der Waals surface area contributed by atoms with E-state index in [1.165, 1.54) is 0 Å². The number of hydrogen-bond donors (Lipinski definition) is 1. The highest BCUT2D eigenvalue weighted by molar-refractivity contribution is 6.32. The van der Waals surface area contributed by atoms with Gasteiger partial charge in [0, 0.05) is 25.6 Å². The van der Waals surface area contributed by atoms with Crippen molar-refractivity contribution in [3.8, 4) is 5.75 Å². The van der Waals surface area contributed by atoms with Crippen molar-refractivity contribution < 1.29 is 9.47 Å². The van der Waals surface area contributed by atoms with Gasteiger partial charge in [0.05, 0.1) is 11.1 Å². The maximum Gasteiger partial charge on any atom is 0.142 e. The van der Waals surface area contributed by atoms with E-state index in [4.69, 9.17) is 21.1 Å². The maximum atomic E-state index is 6.35. The summed E-state index contributed by atoms with van der Waals surface area (Å²) in [7, 11) is 1.78. The van der Waals surface area contributed by atoms with Gasteiger partial charge in [-0.25, -0.2) is 0 Å². The van der Waals surface area contributed by atoms with Crippen LogP contribution >= 0.6 is 11.6 Å². The molecule has 0 spiro atoms. The van der Waals surface area contributed by atoms with Gasteiger partial charge in [-0.2, -0.15) is 0 Å². The Kier molecular flexibility index (Phi) is 6.81. The Bertz CT molecular complexity index is 439. The Hall–Kier alpha value is -0.770. The van der Waals surface area contributed by atoms with E-state index >= 15 is 0 Å². The van der Waals surface area contributed by atoms with Crippen LogP contribution in [0.1, 0.15) is 44.6 Å². The number of nitrogens with one attached hydrogen (secondary N) is 1. The average molecular weight is 312 g/mol. The van der Waals surface area contributed by atoms with Gasteiger partial charge in [0.15, 0.2) is 0 Å². The Balaban J connectivity index is 2.03. The summed E-state index contributed by atoms with van der Waals surface area (Å²) >= 11 is 6.35. The second-order valence-electron chi connectivity index (χ2n) is 5.67. The summed E-state index contributed by atoms with van der Waals surface area (Å²) in [5, 5.41) is 4.11. The van der Waals surface area contributed by atoms with Gasteiger partial charge >= 0.3 is 0 Å². The van der Waals surface area contributed by atoms with E-state index in [2.05, 4.69) is 18.3 Å². The molecule has 1 saturated carbocycles. The van der Waals surface area contributed by atoms with Crippen molar-refractivity contribution in [3.05, 3.63) is 28.8 Å². The van der Waals surface area contributed by atoms with Gasteiger partial charge in [0.1, 0.15) is 11.9 Å². The molecular formula is C17H26ClNO2. The molecule has 0 saturated heterocycles. The molecule has 1 aliphatic carbocycles. The van der Waals surface area contributed by atoms with Crippen molar-refractivity contribution >= 4 is 11.6 Å². The predicted molar refractivity (Wildman–Crippen MR) is 87.1 cm³/mol. The van der Waals surface area contributed by atoms with Crippen molar-refractivity contribution in [3.63, 3.8) is 0 Å². The molecule has 1 aliphatic rings. The highest BCUT2D eigenvalue weighted by atomic mass is 35.5. The summed E-state index contributed by atoms with van der Waals surface area (Å²) < 4.78 is 11.7. The van der Waals surface area contributed by atoms with Crippen molar-refractivity contribution in [2.45, 2.75) is 57.8 Å². The Morgan fingerprint density at radius 1 is 1.29 bits per heavy atom. The third-order valence-corrected chi connectivity index (χ3v) is 4.28. The van der Waals surface area contributed by atoms with Crippen LogP contribution in [0.4, 0.5) is 0 Å². The van der Waals surface area contributed by atoms with E-state index in [0.717, 1.165) is 56.5 Å². The van der Waals surface area contributed by atoms with E-state index in [0.29, 0.717) is 11.1 Å². The molecule has 2 unspecified atom stereocenters. The lowest BCUT2D eigenvalue weighted by molar-refractivity contribution is 0.0206. The maximum absolute atomic E-state index is 6.35. The quantitative estimate of drug-likeness (QED) is 0.766. The molecule has 1 aromatic carbocycles. The standard InChI is InChI=1S/C17H26ClNO2/c1-3-10-19-12-13-6-4-9-16(18)17(13)21-15-8-5-7-14(11-15)20-2/h4,6,9,14-15,19H,3,5,7-8,10-12H2,1-2H3. The minimum Gasteiger partial charge on any atom is -0.488 e. The number of rotatable bonds is 7. The third-order valence-electron chi connectivity index (χ3n) is 3.99. The van der Waals surface area contributed by atoms with Crippen LogP contribution in [0, 0.1) is 0 Å². The van der Waals surface area contributed by atoms with Crippen LogP contribution in [-0.4, -0.2) is 25.9 Å². The van der Waals surface area contributed by atoms with Crippen molar-refractivity contribution in [1.29, 1.82) is 0 Å². The summed E-state index contributed by atoms with van der Waals surface area (Å²) in [6.45, 7) is 3.96. The minimum atomic E-state index is 0.202. The minimum absolute atomic E-state index is 0.202. The first-order valence-corrected chi connectivity index (χ1v) is 8.30. The Morgan fingerprint density at radius 3 is 2.86 bits per heavy atom. The number of methoxy groups -OCH3 is 1. The molecule has 4 heteroatoms. The average Bonchev–Trinajstić information content (AvgIpc) is 2.51. The van der Waals surface area contributed by atoms with Gasteiger partial charge < -0.3 is 14.8 Å². The molecule has 1 aromatic rings. The predicted octanol–water partition coefficient (Wildman–Crippen LogP) is 4.18. The lowest BCUT2D eigenvalue weighted by Crippen LogP contribution is -2.30. The fourth-order valence-corrected chi connectivity index (χ4v) is 3.05. The summed E-state index contributed by atoms with van der Waals surface area (Å²) in [4.78, 5) is 0. The van der Waals surface area contributed by atoms with Crippen molar-refractivity contribution in [1.82, 2.24) is 5.32 Å².